The third-order valence-corrected chi connectivity index (χ3v) is 6.66. The quantitative estimate of drug-likeness (QED) is 0.164. The Hall–Kier alpha value is -1.77. The minimum atomic E-state index is 0.0958. The highest BCUT2D eigenvalue weighted by molar-refractivity contribution is 6.30. The number of hydrogen-bond acceptors (Lipinski definition) is 0. The maximum absolute atomic E-state index is 6.14. The van der Waals surface area contributed by atoms with E-state index in [9.17, 15) is 0 Å². The topological polar surface area (TPSA) is 8.81 Å². The number of imidazole rings is 1. The van der Waals surface area contributed by atoms with Gasteiger partial charge in [-0.05, 0) is 37.1 Å². The molecule has 0 atom stereocenters. The number of aromatic nitrogens is 2. The number of hydrogen-bond donors (Lipinski definition) is 0. The Labute approximate surface area is 204 Å². The lowest BCUT2D eigenvalue weighted by molar-refractivity contribution is -0.697. The van der Waals surface area contributed by atoms with Gasteiger partial charge in [-0.2, -0.15) is 0 Å². The van der Waals surface area contributed by atoms with Crippen molar-refractivity contribution in [1.82, 2.24) is 4.57 Å². The van der Waals surface area contributed by atoms with Gasteiger partial charge in [0.05, 0.1) is 6.54 Å². The van der Waals surface area contributed by atoms with Crippen LogP contribution in [0.3, 0.4) is 0 Å². The van der Waals surface area contributed by atoms with Gasteiger partial charge in [-0.15, -0.1) is 0 Å². The van der Waals surface area contributed by atoms with Gasteiger partial charge < -0.3 is 0 Å². The smallest absolute Gasteiger partial charge is 0.237 e. The van der Waals surface area contributed by atoms with E-state index >= 15 is 0 Å². The Morgan fingerprint density at radius 1 is 0.688 bits per heavy atom. The van der Waals surface area contributed by atoms with Crippen molar-refractivity contribution >= 4 is 23.2 Å². The lowest BCUT2D eigenvalue weighted by Gasteiger charge is -2.15. The van der Waals surface area contributed by atoms with E-state index < -0.39 is 0 Å². The van der Waals surface area contributed by atoms with Gasteiger partial charge in [0, 0.05) is 21.2 Å². The molecule has 3 rings (SSSR count). The molecule has 4 heteroatoms. The van der Waals surface area contributed by atoms with E-state index in [1.54, 1.807) is 0 Å². The van der Waals surface area contributed by atoms with Crippen LogP contribution in [0.2, 0.25) is 10.0 Å². The molecule has 0 aliphatic rings. The Balaban J connectivity index is 1.53. The van der Waals surface area contributed by atoms with E-state index in [-0.39, 0.29) is 6.04 Å². The molecule has 0 spiro atoms. The van der Waals surface area contributed by atoms with Crippen molar-refractivity contribution in [3.8, 4) is 0 Å². The van der Waals surface area contributed by atoms with Crippen molar-refractivity contribution in [2.75, 3.05) is 0 Å². The highest BCUT2D eigenvalue weighted by atomic mass is 35.5. The third-order valence-electron chi connectivity index (χ3n) is 6.15. The van der Waals surface area contributed by atoms with E-state index in [1.165, 1.54) is 75.3 Å². The van der Waals surface area contributed by atoms with Crippen LogP contribution in [0.15, 0.2) is 67.3 Å². The van der Waals surface area contributed by atoms with Gasteiger partial charge in [0.1, 0.15) is 12.4 Å². The predicted molar refractivity (Wildman–Crippen MR) is 137 cm³/mol. The molecule has 0 N–H and O–H groups in total. The summed E-state index contributed by atoms with van der Waals surface area (Å²) in [7, 11) is 0. The zero-order valence-corrected chi connectivity index (χ0v) is 20.9. The van der Waals surface area contributed by atoms with E-state index in [0.717, 1.165) is 16.6 Å². The van der Waals surface area contributed by atoms with Crippen LogP contribution in [0, 0.1) is 0 Å². The second-order valence-corrected chi connectivity index (χ2v) is 9.66. The Morgan fingerprint density at radius 2 is 1.16 bits per heavy atom. The molecular weight excluding hydrogens is 435 g/mol. The molecule has 1 heterocycles. The van der Waals surface area contributed by atoms with Crippen molar-refractivity contribution in [1.29, 1.82) is 0 Å². The van der Waals surface area contributed by atoms with Crippen molar-refractivity contribution in [3.05, 3.63) is 88.4 Å². The van der Waals surface area contributed by atoms with Crippen LogP contribution in [0.25, 0.3) is 0 Å². The van der Waals surface area contributed by atoms with Crippen LogP contribution < -0.4 is 4.57 Å². The highest BCUT2D eigenvalue weighted by Gasteiger charge is 2.21. The van der Waals surface area contributed by atoms with E-state index in [4.69, 9.17) is 23.2 Å². The molecule has 0 saturated carbocycles. The monoisotopic (exact) mass is 471 g/mol. The van der Waals surface area contributed by atoms with Gasteiger partial charge in [-0.3, -0.25) is 0 Å². The van der Waals surface area contributed by atoms with Crippen molar-refractivity contribution < 1.29 is 4.57 Å². The minimum Gasteiger partial charge on any atom is -0.237 e. The molecule has 172 valence electrons. The minimum absolute atomic E-state index is 0.0958. The molecule has 0 bridgehead atoms. The Bertz CT molecular complexity index is 854. The fourth-order valence-electron chi connectivity index (χ4n) is 4.30. The molecule has 2 nitrogen and oxygen atoms in total. The summed E-state index contributed by atoms with van der Waals surface area (Å²) in [6, 6.07) is 16.4. The summed E-state index contributed by atoms with van der Waals surface area (Å²) in [6.45, 7) is 3.35. The van der Waals surface area contributed by atoms with Gasteiger partial charge in [0.15, 0.2) is 6.04 Å². The normalized spacial score (nSPS) is 11.4. The number of rotatable bonds is 14. The summed E-state index contributed by atoms with van der Waals surface area (Å²) in [5.74, 6) is 0. The second-order valence-electron chi connectivity index (χ2n) is 8.79. The van der Waals surface area contributed by atoms with E-state index in [2.05, 4.69) is 59.0 Å². The second kappa shape index (κ2) is 13.7. The molecular formula is C28H37Cl2N2+. The number of benzene rings is 2. The summed E-state index contributed by atoms with van der Waals surface area (Å²) in [4.78, 5) is 0. The van der Waals surface area contributed by atoms with Crippen LogP contribution >= 0.6 is 23.2 Å². The van der Waals surface area contributed by atoms with Crippen LogP contribution in [0.1, 0.15) is 88.3 Å². The molecule has 0 aliphatic carbocycles. The summed E-state index contributed by atoms with van der Waals surface area (Å²) >= 11 is 12.3. The zero-order chi connectivity index (χ0) is 22.6. The van der Waals surface area contributed by atoms with Gasteiger partial charge in [-0.1, -0.05) is 106 Å². The largest absolute Gasteiger partial charge is 0.244 e. The van der Waals surface area contributed by atoms with E-state index in [1.807, 2.05) is 24.3 Å². The molecule has 32 heavy (non-hydrogen) atoms. The molecule has 0 aliphatic heterocycles. The van der Waals surface area contributed by atoms with Gasteiger partial charge in [-0.25, -0.2) is 9.13 Å². The van der Waals surface area contributed by atoms with Crippen molar-refractivity contribution in [3.63, 3.8) is 0 Å². The molecule has 0 fully saturated rings. The molecule has 0 radical (unpaired) electrons. The molecule has 1 aromatic heterocycles. The molecule has 0 saturated heterocycles. The standard InChI is InChI=1S/C28H37Cl2N2/c1-2-3-4-5-6-7-8-9-10-11-20-31-21-22-32(23-31)28(24-12-16-26(29)17-13-24)25-14-18-27(30)19-15-25/h12-19,21-23,28H,2-11,20H2,1H3/q+1. The SMILES string of the molecule is CCCCCCCCCCCC[n+]1ccn(C(c2ccc(Cl)cc2)c2ccc(Cl)cc2)c1. The number of halogens is 2. The molecule has 0 amide bonds. The first-order valence-corrected chi connectivity index (χ1v) is 13.0. The van der Waals surface area contributed by atoms with Crippen LogP contribution in [0.5, 0.6) is 0 Å². The van der Waals surface area contributed by atoms with Gasteiger partial charge >= 0.3 is 0 Å². The Morgan fingerprint density at radius 3 is 1.66 bits per heavy atom. The number of aryl methyl sites for hydroxylation is 1. The van der Waals surface area contributed by atoms with E-state index in [0.29, 0.717) is 0 Å². The maximum atomic E-state index is 6.14. The van der Waals surface area contributed by atoms with Gasteiger partial charge in [0.2, 0.25) is 6.33 Å². The maximum Gasteiger partial charge on any atom is 0.244 e. The Kier molecular flexibility index (Phi) is 10.6. The fourth-order valence-corrected chi connectivity index (χ4v) is 4.56. The van der Waals surface area contributed by atoms with Crippen LogP contribution in [0.4, 0.5) is 0 Å². The predicted octanol–water partition coefficient (Wildman–Crippen LogP) is 8.64. The first kappa shape index (κ1) is 24.9. The number of nitrogens with zero attached hydrogens (tertiary/aromatic N) is 2. The first-order chi connectivity index (χ1) is 15.7. The molecule has 0 unspecified atom stereocenters. The summed E-state index contributed by atoms with van der Waals surface area (Å²) in [6.07, 6.45) is 20.2. The summed E-state index contributed by atoms with van der Waals surface area (Å²) in [5.41, 5.74) is 2.41. The fraction of sp³-hybridized carbons (Fsp3) is 0.464. The lowest BCUT2D eigenvalue weighted by atomic mass is 9.98. The summed E-state index contributed by atoms with van der Waals surface area (Å²) < 4.78 is 4.59. The van der Waals surface area contributed by atoms with Gasteiger partial charge in [0.25, 0.3) is 0 Å². The summed E-state index contributed by atoms with van der Waals surface area (Å²) in [5, 5.41) is 1.51. The number of unbranched alkanes of at least 4 members (excludes halogenated alkanes) is 9. The van der Waals surface area contributed by atoms with Crippen molar-refractivity contribution in [2.24, 2.45) is 0 Å². The molecule has 3 aromatic rings. The zero-order valence-electron chi connectivity index (χ0n) is 19.4. The van der Waals surface area contributed by atoms with Crippen LogP contribution in [-0.2, 0) is 6.54 Å². The third kappa shape index (κ3) is 7.98. The highest BCUT2D eigenvalue weighted by Crippen LogP contribution is 2.28. The van der Waals surface area contributed by atoms with Crippen LogP contribution in [-0.4, -0.2) is 4.57 Å². The first-order valence-electron chi connectivity index (χ1n) is 12.2. The molecule has 2 aromatic carbocycles. The average molecular weight is 473 g/mol. The lowest BCUT2D eigenvalue weighted by Crippen LogP contribution is -2.31. The van der Waals surface area contributed by atoms with Crippen molar-refractivity contribution in [2.45, 2.75) is 83.7 Å². The average Bonchev–Trinajstić information content (AvgIpc) is 3.26.